The van der Waals surface area contributed by atoms with E-state index in [1.54, 1.807) is 0 Å². The molecule has 1 aromatic carbocycles. The highest BCUT2D eigenvalue weighted by Gasteiger charge is 2.11. The number of carbonyl (C=O) groups excluding carboxylic acids is 1. The van der Waals surface area contributed by atoms with Gasteiger partial charge in [0.05, 0.1) is 17.3 Å². The lowest BCUT2D eigenvalue weighted by molar-refractivity contribution is -0.116. The first kappa shape index (κ1) is 21.8. The number of hydrogen-bond donors (Lipinski definition) is 3. The minimum atomic E-state index is -0.0946. The molecule has 5 nitrogen and oxygen atoms in total. The van der Waals surface area contributed by atoms with E-state index in [-0.39, 0.29) is 29.9 Å². The van der Waals surface area contributed by atoms with Crippen LogP contribution in [0.15, 0.2) is 35.3 Å². The van der Waals surface area contributed by atoms with E-state index in [4.69, 9.17) is 11.6 Å². The number of guanidine groups is 1. The highest BCUT2D eigenvalue weighted by Crippen LogP contribution is 2.22. The van der Waals surface area contributed by atoms with Crippen LogP contribution in [0.2, 0.25) is 5.02 Å². The SMILES string of the molecule is CCNC(=NCCC(=O)Nc1ccc(C)cc1Cl)NC1CC=CC1.I. The second kappa shape index (κ2) is 11.4. The molecule has 138 valence electrons. The standard InChI is InChI=1S/C18H25ClN4O.HI/c1-3-20-18(22-14-6-4-5-7-14)21-11-10-17(24)23-16-9-8-13(2)12-15(16)19;/h4-5,8-9,12,14H,3,6-7,10-11H2,1-2H3,(H,23,24)(H2,20,21,22);1H. The third kappa shape index (κ3) is 7.64. The summed E-state index contributed by atoms with van der Waals surface area (Å²) in [5, 5.41) is 9.96. The first-order valence-electron chi connectivity index (χ1n) is 8.34. The smallest absolute Gasteiger partial charge is 0.226 e. The maximum atomic E-state index is 12.0. The number of hydrogen-bond acceptors (Lipinski definition) is 2. The van der Waals surface area contributed by atoms with Gasteiger partial charge in [0.15, 0.2) is 5.96 Å². The molecular weight excluding hydrogens is 451 g/mol. The zero-order valence-corrected chi connectivity index (χ0v) is 17.7. The van der Waals surface area contributed by atoms with Crippen LogP contribution >= 0.6 is 35.6 Å². The molecule has 1 amide bonds. The van der Waals surface area contributed by atoms with Gasteiger partial charge in [-0.25, -0.2) is 0 Å². The van der Waals surface area contributed by atoms with Crippen molar-refractivity contribution < 1.29 is 4.79 Å². The van der Waals surface area contributed by atoms with E-state index < -0.39 is 0 Å². The quantitative estimate of drug-likeness (QED) is 0.253. The number of carbonyl (C=O) groups is 1. The summed E-state index contributed by atoms with van der Waals surface area (Å²) >= 11 is 6.13. The normalized spacial score (nSPS) is 14.1. The molecule has 0 heterocycles. The van der Waals surface area contributed by atoms with Crippen LogP contribution in [-0.4, -0.2) is 31.0 Å². The van der Waals surface area contributed by atoms with Gasteiger partial charge in [-0.2, -0.15) is 0 Å². The Kier molecular flexibility index (Phi) is 9.89. The van der Waals surface area contributed by atoms with E-state index in [0.29, 0.717) is 29.7 Å². The monoisotopic (exact) mass is 476 g/mol. The number of benzene rings is 1. The molecule has 0 unspecified atom stereocenters. The Morgan fingerprint density at radius 3 is 2.68 bits per heavy atom. The highest BCUT2D eigenvalue weighted by molar-refractivity contribution is 14.0. The number of rotatable bonds is 6. The average molecular weight is 477 g/mol. The fraction of sp³-hybridized carbons (Fsp3) is 0.444. The molecule has 1 aliphatic carbocycles. The van der Waals surface area contributed by atoms with Gasteiger partial charge in [-0.05, 0) is 44.4 Å². The van der Waals surface area contributed by atoms with E-state index in [2.05, 4.69) is 33.1 Å². The lowest BCUT2D eigenvalue weighted by Crippen LogP contribution is -2.42. The number of aryl methyl sites for hydroxylation is 1. The van der Waals surface area contributed by atoms with Crippen LogP contribution in [-0.2, 0) is 4.79 Å². The van der Waals surface area contributed by atoms with Crippen molar-refractivity contribution in [1.82, 2.24) is 10.6 Å². The molecule has 7 heteroatoms. The molecule has 1 aliphatic rings. The summed E-state index contributed by atoms with van der Waals surface area (Å²) in [7, 11) is 0. The lowest BCUT2D eigenvalue weighted by Gasteiger charge is -2.16. The summed E-state index contributed by atoms with van der Waals surface area (Å²) in [6.07, 6.45) is 6.66. The summed E-state index contributed by atoms with van der Waals surface area (Å²) in [5.74, 6) is 0.662. The summed E-state index contributed by atoms with van der Waals surface area (Å²) in [5.41, 5.74) is 1.70. The summed E-state index contributed by atoms with van der Waals surface area (Å²) in [6, 6.07) is 5.96. The molecule has 0 bridgehead atoms. The van der Waals surface area contributed by atoms with Crippen molar-refractivity contribution >= 4 is 53.1 Å². The number of halogens is 2. The van der Waals surface area contributed by atoms with Crippen molar-refractivity contribution in [2.75, 3.05) is 18.4 Å². The maximum absolute atomic E-state index is 12.0. The molecule has 0 radical (unpaired) electrons. The Bertz CT molecular complexity index is 626. The van der Waals surface area contributed by atoms with Gasteiger partial charge >= 0.3 is 0 Å². The predicted molar refractivity (Wildman–Crippen MR) is 116 cm³/mol. The molecule has 1 aromatic rings. The minimum absolute atomic E-state index is 0. The number of aliphatic imine (C=N–C) groups is 1. The number of nitrogens with zero attached hydrogens (tertiary/aromatic N) is 1. The van der Waals surface area contributed by atoms with Crippen LogP contribution in [0.25, 0.3) is 0 Å². The summed E-state index contributed by atoms with van der Waals surface area (Å²) in [4.78, 5) is 16.5. The number of anilines is 1. The first-order valence-corrected chi connectivity index (χ1v) is 8.72. The zero-order chi connectivity index (χ0) is 17.4. The van der Waals surface area contributed by atoms with E-state index >= 15 is 0 Å². The Morgan fingerprint density at radius 2 is 2.04 bits per heavy atom. The molecule has 0 saturated heterocycles. The van der Waals surface area contributed by atoms with Crippen LogP contribution in [0, 0.1) is 6.92 Å². The van der Waals surface area contributed by atoms with Crippen LogP contribution in [0.1, 0.15) is 31.7 Å². The molecule has 0 aromatic heterocycles. The molecule has 3 N–H and O–H groups in total. The van der Waals surface area contributed by atoms with Crippen molar-refractivity contribution in [2.24, 2.45) is 4.99 Å². The largest absolute Gasteiger partial charge is 0.357 e. The second-order valence-corrected chi connectivity index (χ2v) is 6.23. The molecule has 25 heavy (non-hydrogen) atoms. The first-order chi connectivity index (χ1) is 11.6. The van der Waals surface area contributed by atoms with Crippen molar-refractivity contribution in [2.45, 2.75) is 39.2 Å². The van der Waals surface area contributed by atoms with E-state index in [9.17, 15) is 4.79 Å². The van der Waals surface area contributed by atoms with Crippen molar-refractivity contribution in [3.05, 3.63) is 40.9 Å². The van der Waals surface area contributed by atoms with Crippen molar-refractivity contribution in [3.8, 4) is 0 Å². The van der Waals surface area contributed by atoms with Gasteiger partial charge < -0.3 is 16.0 Å². The van der Waals surface area contributed by atoms with Crippen LogP contribution in [0.5, 0.6) is 0 Å². The predicted octanol–water partition coefficient (Wildman–Crippen LogP) is 3.87. The second-order valence-electron chi connectivity index (χ2n) is 5.83. The maximum Gasteiger partial charge on any atom is 0.226 e. The van der Waals surface area contributed by atoms with Gasteiger partial charge in [0, 0.05) is 19.0 Å². The van der Waals surface area contributed by atoms with E-state index in [0.717, 1.165) is 30.9 Å². The average Bonchev–Trinajstić information content (AvgIpc) is 3.03. The molecular formula is C18H26ClIN4O. The number of amides is 1. The lowest BCUT2D eigenvalue weighted by atomic mass is 10.2. The third-order valence-corrected chi connectivity index (χ3v) is 4.01. The molecule has 0 aliphatic heterocycles. The van der Waals surface area contributed by atoms with Crippen LogP contribution in [0.3, 0.4) is 0 Å². The van der Waals surface area contributed by atoms with Gasteiger partial charge in [-0.3, -0.25) is 9.79 Å². The molecule has 2 rings (SSSR count). The number of nitrogens with one attached hydrogen (secondary N) is 3. The Labute approximate surface area is 171 Å². The van der Waals surface area contributed by atoms with Gasteiger partial charge in [0.1, 0.15) is 0 Å². The van der Waals surface area contributed by atoms with Gasteiger partial charge in [0.2, 0.25) is 5.91 Å². The van der Waals surface area contributed by atoms with Crippen LogP contribution in [0.4, 0.5) is 5.69 Å². The summed E-state index contributed by atoms with van der Waals surface area (Å²) < 4.78 is 0. The molecule has 0 atom stereocenters. The third-order valence-electron chi connectivity index (χ3n) is 3.70. The van der Waals surface area contributed by atoms with Crippen molar-refractivity contribution in [3.63, 3.8) is 0 Å². The molecule has 0 saturated carbocycles. The molecule has 0 spiro atoms. The van der Waals surface area contributed by atoms with E-state index in [1.165, 1.54) is 0 Å². The fourth-order valence-corrected chi connectivity index (χ4v) is 2.73. The van der Waals surface area contributed by atoms with Gasteiger partial charge in [0.25, 0.3) is 0 Å². The van der Waals surface area contributed by atoms with Crippen LogP contribution < -0.4 is 16.0 Å². The Balaban J connectivity index is 0.00000312. The van der Waals surface area contributed by atoms with Gasteiger partial charge in [-0.15, -0.1) is 24.0 Å². The van der Waals surface area contributed by atoms with Gasteiger partial charge in [-0.1, -0.05) is 29.8 Å². The highest BCUT2D eigenvalue weighted by atomic mass is 127. The van der Waals surface area contributed by atoms with Crippen molar-refractivity contribution in [1.29, 1.82) is 0 Å². The fourth-order valence-electron chi connectivity index (χ4n) is 2.45. The minimum Gasteiger partial charge on any atom is -0.357 e. The Hall–Kier alpha value is -1.28. The Morgan fingerprint density at radius 1 is 1.32 bits per heavy atom. The summed E-state index contributed by atoms with van der Waals surface area (Å²) in [6.45, 7) is 5.19. The zero-order valence-electron chi connectivity index (χ0n) is 14.6. The van der Waals surface area contributed by atoms with E-state index in [1.807, 2.05) is 32.0 Å². The topological polar surface area (TPSA) is 65.5 Å². The molecule has 0 fully saturated rings.